The maximum absolute atomic E-state index is 13.8. The Hall–Kier alpha value is -2.97. The molecule has 7 nitrogen and oxygen atoms in total. The molecule has 4 rings (SSSR count). The van der Waals surface area contributed by atoms with Crippen molar-refractivity contribution in [3.05, 3.63) is 77.9 Å². The van der Waals surface area contributed by atoms with Gasteiger partial charge in [-0.05, 0) is 94.8 Å². The second-order valence-electron chi connectivity index (χ2n) is 10.8. The number of sulfonamides is 1. The molecule has 0 bridgehead atoms. The molecule has 8 heteroatoms. The van der Waals surface area contributed by atoms with Crippen molar-refractivity contribution < 1.29 is 18.0 Å². The summed E-state index contributed by atoms with van der Waals surface area (Å²) in [5.74, 6) is -0.561. The van der Waals surface area contributed by atoms with Gasteiger partial charge in [0.15, 0.2) is 0 Å². The van der Waals surface area contributed by atoms with Crippen LogP contribution in [0.3, 0.4) is 0 Å². The van der Waals surface area contributed by atoms with Crippen molar-refractivity contribution >= 4 is 21.8 Å². The average Bonchev–Trinajstić information content (AvgIpc) is 3.02. The third-order valence-corrected chi connectivity index (χ3v) is 9.77. The summed E-state index contributed by atoms with van der Waals surface area (Å²) in [7, 11) is -3.91. The molecule has 2 atom stereocenters. The van der Waals surface area contributed by atoms with Crippen molar-refractivity contribution in [2.75, 3.05) is 0 Å². The SMILES string of the molecule is C=CC(=O)NC1CC(C)(C)N(S(=O)(=O)c2ccc(C(=O)NC3CCCc4ccccc43)cc2)C1(C)C. The van der Waals surface area contributed by atoms with Crippen molar-refractivity contribution in [2.24, 2.45) is 0 Å². The Balaban J connectivity index is 1.55. The van der Waals surface area contributed by atoms with Gasteiger partial charge in [-0.25, -0.2) is 8.42 Å². The number of carbonyl (C=O) groups excluding carboxylic acids is 2. The minimum atomic E-state index is -3.91. The number of benzene rings is 2. The minimum absolute atomic E-state index is 0.0558. The summed E-state index contributed by atoms with van der Waals surface area (Å²) in [6.07, 6.45) is 4.54. The molecule has 1 aliphatic heterocycles. The first-order valence-corrected chi connectivity index (χ1v) is 13.8. The van der Waals surface area contributed by atoms with Crippen molar-refractivity contribution in [2.45, 2.75) is 81.4 Å². The van der Waals surface area contributed by atoms with E-state index < -0.39 is 21.1 Å². The van der Waals surface area contributed by atoms with Gasteiger partial charge in [0, 0.05) is 17.1 Å². The number of fused-ring (bicyclic) bond motifs is 1. The number of nitrogens with one attached hydrogen (secondary N) is 2. The maximum atomic E-state index is 13.8. The van der Waals surface area contributed by atoms with Gasteiger partial charge in [0.25, 0.3) is 5.91 Å². The van der Waals surface area contributed by atoms with Crippen molar-refractivity contribution in [1.82, 2.24) is 14.9 Å². The molecule has 2 N–H and O–H groups in total. The Morgan fingerprint density at radius 3 is 2.36 bits per heavy atom. The van der Waals surface area contributed by atoms with Crippen LogP contribution in [0.2, 0.25) is 0 Å². The van der Waals surface area contributed by atoms with Gasteiger partial charge in [0.1, 0.15) is 0 Å². The first-order valence-electron chi connectivity index (χ1n) is 12.3. The fraction of sp³-hybridized carbons (Fsp3) is 0.429. The first-order chi connectivity index (χ1) is 16.9. The standard InChI is InChI=1S/C28H35N3O4S/c1-6-25(32)30-24-18-27(2,3)31(28(24,4)5)36(34,35)21-16-14-20(15-17-21)26(33)29-23-13-9-11-19-10-7-8-12-22(19)23/h6-8,10,12,14-17,23-24H,1,9,11,13,18H2,2-5H3,(H,29,33)(H,30,32). The molecule has 2 amide bonds. The van der Waals surface area contributed by atoms with Crippen LogP contribution in [0.4, 0.5) is 0 Å². The zero-order valence-electron chi connectivity index (χ0n) is 21.4. The topological polar surface area (TPSA) is 95.6 Å². The number of aryl methyl sites for hydroxylation is 1. The Morgan fingerprint density at radius 1 is 1.03 bits per heavy atom. The number of carbonyl (C=O) groups is 2. The molecule has 192 valence electrons. The molecule has 1 heterocycles. The number of hydrogen-bond acceptors (Lipinski definition) is 4. The average molecular weight is 510 g/mol. The van der Waals surface area contributed by atoms with Crippen LogP contribution in [0, 0.1) is 0 Å². The predicted molar refractivity (Wildman–Crippen MR) is 140 cm³/mol. The van der Waals surface area contributed by atoms with Crippen LogP contribution in [0.25, 0.3) is 0 Å². The van der Waals surface area contributed by atoms with E-state index in [0.29, 0.717) is 12.0 Å². The Labute approximate surface area is 214 Å². The number of amides is 2. The lowest BCUT2D eigenvalue weighted by Gasteiger charge is -2.40. The minimum Gasteiger partial charge on any atom is -0.348 e. The smallest absolute Gasteiger partial charge is 0.251 e. The normalized spacial score (nSPS) is 22.9. The van der Waals surface area contributed by atoms with Gasteiger partial charge in [-0.15, -0.1) is 0 Å². The molecule has 0 saturated carbocycles. The van der Waals surface area contributed by atoms with Gasteiger partial charge >= 0.3 is 0 Å². The molecule has 1 saturated heterocycles. The molecular weight excluding hydrogens is 474 g/mol. The van der Waals surface area contributed by atoms with Crippen LogP contribution < -0.4 is 10.6 Å². The van der Waals surface area contributed by atoms with Crippen LogP contribution in [0.15, 0.2) is 66.1 Å². The highest BCUT2D eigenvalue weighted by Gasteiger charge is 2.57. The van der Waals surface area contributed by atoms with E-state index in [-0.39, 0.29) is 28.8 Å². The highest BCUT2D eigenvalue weighted by molar-refractivity contribution is 7.89. The first kappa shape index (κ1) is 26.1. The molecule has 2 aromatic carbocycles. The third kappa shape index (κ3) is 4.72. The van der Waals surface area contributed by atoms with Gasteiger partial charge in [0.2, 0.25) is 15.9 Å². The summed E-state index contributed by atoms with van der Waals surface area (Å²) >= 11 is 0. The second kappa shape index (κ2) is 9.48. The highest BCUT2D eigenvalue weighted by atomic mass is 32.2. The summed E-state index contributed by atoms with van der Waals surface area (Å²) in [6, 6.07) is 13.8. The van der Waals surface area contributed by atoms with E-state index in [4.69, 9.17) is 0 Å². The lowest BCUT2D eigenvalue weighted by atomic mass is 9.87. The maximum Gasteiger partial charge on any atom is 0.251 e. The summed E-state index contributed by atoms with van der Waals surface area (Å²) in [5, 5.41) is 6.00. The fourth-order valence-corrected chi connectivity index (χ4v) is 8.04. The third-order valence-electron chi connectivity index (χ3n) is 7.46. The van der Waals surface area contributed by atoms with Crippen molar-refractivity contribution in [3.8, 4) is 0 Å². The van der Waals surface area contributed by atoms with Crippen LogP contribution in [0.1, 0.15) is 74.5 Å². The number of hydrogen-bond donors (Lipinski definition) is 2. The summed E-state index contributed by atoms with van der Waals surface area (Å²) in [6.45, 7) is 10.8. The summed E-state index contributed by atoms with van der Waals surface area (Å²) in [5.41, 5.74) is 1.21. The quantitative estimate of drug-likeness (QED) is 0.573. The van der Waals surface area contributed by atoms with Crippen molar-refractivity contribution in [1.29, 1.82) is 0 Å². The van der Waals surface area contributed by atoms with Gasteiger partial charge in [-0.2, -0.15) is 4.31 Å². The summed E-state index contributed by atoms with van der Waals surface area (Å²) in [4.78, 5) is 25.1. The van der Waals surface area contributed by atoms with E-state index >= 15 is 0 Å². The molecule has 36 heavy (non-hydrogen) atoms. The molecule has 0 radical (unpaired) electrons. The van der Waals surface area contributed by atoms with E-state index in [1.54, 1.807) is 12.1 Å². The Kier molecular flexibility index (Phi) is 6.88. The highest BCUT2D eigenvalue weighted by Crippen LogP contribution is 2.44. The van der Waals surface area contributed by atoms with E-state index in [9.17, 15) is 18.0 Å². The molecule has 2 aliphatic rings. The molecule has 1 aliphatic carbocycles. The van der Waals surface area contributed by atoms with E-state index in [0.717, 1.165) is 24.8 Å². The van der Waals surface area contributed by atoms with Gasteiger partial charge in [-0.1, -0.05) is 30.8 Å². The monoisotopic (exact) mass is 509 g/mol. The van der Waals surface area contributed by atoms with Gasteiger partial charge < -0.3 is 10.6 Å². The van der Waals surface area contributed by atoms with Crippen LogP contribution in [-0.4, -0.2) is 41.7 Å². The number of rotatable bonds is 6. The molecule has 2 unspecified atom stereocenters. The molecule has 2 aromatic rings. The Morgan fingerprint density at radius 2 is 1.69 bits per heavy atom. The molecule has 0 aromatic heterocycles. The molecular formula is C28H35N3O4S. The lowest BCUT2D eigenvalue weighted by molar-refractivity contribution is -0.117. The predicted octanol–water partition coefficient (Wildman–Crippen LogP) is 4.12. The van der Waals surface area contributed by atoms with Crippen LogP contribution in [0.5, 0.6) is 0 Å². The fourth-order valence-electron chi connectivity index (χ4n) is 5.88. The second-order valence-corrected chi connectivity index (χ2v) is 12.6. The van der Waals surface area contributed by atoms with Gasteiger partial charge in [-0.3, -0.25) is 9.59 Å². The summed E-state index contributed by atoms with van der Waals surface area (Å²) < 4.78 is 29.1. The van der Waals surface area contributed by atoms with Crippen LogP contribution in [-0.2, 0) is 21.2 Å². The number of nitrogens with zero attached hydrogens (tertiary/aromatic N) is 1. The lowest BCUT2D eigenvalue weighted by Crippen LogP contribution is -2.56. The van der Waals surface area contributed by atoms with Gasteiger partial charge in [0.05, 0.1) is 16.5 Å². The molecule has 0 spiro atoms. The zero-order chi connectivity index (χ0) is 26.3. The van der Waals surface area contributed by atoms with Crippen LogP contribution >= 0.6 is 0 Å². The van der Waals surface area contributed by atoms with E-state index in [1.165, 1.54) is 28.1 Å². The largest absolute Gasteiger partial charge is 0.348 e. The van der Waals surface area contributed by atoms with E-state index in [2.05, 4.69) is 29.3 Å². The molecule has 1 fully saturated rings. The zero-order valence-corrected chi connectivity index (χ0v) is 22.2. The Bertz CT molecular complexity index is 1280. The van der Waals surface area contributed by atoms with E-state index in [1.807, 2.05) is 39.8 Å². The van der Waals surface area contributed by atoms with Crippen molar-refractivity contribution in [3.63, 3.8) is 0 Å².